The molecule has 0 bridgehead atoms. The lowest BCUT2D eigenvalue weighted by Gasteiger charge is -2.21. The van der Waals surface area contributed by atoms with Gasteiger partial charge in [0.05, 0.1) is 22.8 Å². The molecule has 1 fully saturated rings. The van der Waals surface area contributed by atoms with Gasteiger partial charge in [-0.25, -0.2) is 18.3 Å². The number of pyridine rings is 1. The Hall–Kier alpha value is -3.67. The minimum Gasteiger partial charge on any atom is -0.383 e. The lowest BCUT2D eigenvalue weighted by molar-refractivity contribution is 0.159. The van der Waals surface area contributed by atoms with E-state index in [4.69, 9.17) is 9.84 Å². The van der Waals surface area contributed by atoms with Gasteiger partial charge in [0.25, 0.3) is 0 Å². The Morgan fingerprint density at radius 1 is 1.10 bits per heavy atom. The molecule has 5 rings (SSSR count). The maximum absolute atomic E-state index is 14.1. The molecule has 0 saturated carbocycles. The number of hydrogen-bond acceptors (Lipinski definition) is 5. The van der Waals surface area contributed by atoms with Crippen LogP contribution >= 0.6 is 15.9 Å². The van der Waals surface area contributed by atoms with Gasteiger partial charge in [0.15, 0.2) is 17.5 Å². The van der Waals surface area contributed by atoms with Gasteiger partial charge in [-0.1, -0.05) is 24.3 Å². The molecular formula is C28H27BrF2N6O2. The highest BCUT2D eigenvalue weighted by molar-refractivity contribution is 9.10. The van der Waals surface area contributed by atoms with E-state index in [2.05, 4.69) is 36.4 Å². The molecule has 202 valence electrons. The zero-order chi connectivity index (χ0) is 27.4. The fraction of sp³-hybridized carbons (Fsp3) is 0.250. The summed E-state index contributed by atoms with van der Waals surface area (Å²) in [5.41, 5.74) is 2.78. The molecule has 2 N–H and O–H groups in total. The number of benzene rings is 2. The second-order valence-electron chi connectivity index (χ2n) is 9.24. The Morgan fingerprint density at radius 2 is 1.92 bits per heavy atom. The number of ether oxygens (including phenoxy) is 1. The Kier molecular flexibility index (Phi) is 8.30. The number of para-hydroxylation sites is 1. The first-order chi connectivity index (χ1) is 18.9. The van der Waals surface area contributed by atoms with E-state index in [0.717, 1.165) is 17.3 Å². The van der Waals surface area contributed by atoms with Crippen LogP contribution in [0.1, 0.15) is 11.5 Å². The maximum atomic E-state index is 14.1. The van der Waals surface area contributed by atoms with Crippen LogP contribution in [0.2, 0.25) is 0 Å². The van der Waals surface area contributed by atoms with Crippen LogP contribution < -0.4 is 10.6 Å². The van der Waals surface area contributed by atoms with Gasteiger partial charge in [-0.3, -0.25) is 15.2 Å². The molecule has 0 unspecified atom stereocenters. The van der Waals surface area contributed by atoms with Gasteiger partial charge in [0.2, 0.25) is 0 Å². The molecule has 4 aromatic rings. The van der Waals surface area contributed by atoms with E-state index in [-0.39, 0.29) is 12.0 Å². The second-order valence-corrected chi connectivity index (χ2v) is 10.0. The predicted molar refractivity (Wildman–Crippen MR) is 148 cm³/mol. The summed E-state index contributed by atoms with van der Waals surface area (Å²) >= 11 is 3.63. The van der Waals surface area contributed by atoms with Crippen LogP contribution in [0, 0.1) is 11.6 Å². The third-order valence-electron chi connectivity index (χ3n) is 6.69. The molecule has 8 nitrogen and oxygen atoms in total. The summed E-state index contributed by atoms with van der Waals surface area (Å²) in [5.74, 6) is -1.62. The summed E-state index contributed by atoms with van der Waals surface area (Å²) in [7, 11) is 1.62. The highest BCUT2D eigenvalue weighted by Crippen LogP contribution is 2.35. The minimum absolute atomic E-state index is 0.240. The van der Waals surface area contributed by atoms with Gasteiger partial charge in [-0.05, 0) is 57.9 Å². The number of likely N-dealkylation sites (tertiary alicyclic amines) is 1. The molecule has 2 aromatic heterocycles. The summed E-state index contributed by atoms with van der Waals surface area (Å²) in [4.78, 5) is 19.7. The average Bonchev–Trinajstić information content (AvgIpc) is 3.50. The number of urea groups is 1. The molecule has 0 spiro atoms. The van der Waals surface area contributed by atoms with Crippen LogP contribution in [0.3, 0.4) is 0 Å². The zero-order valence-corrected chi connectivity index (χ0v) is 22.7. The zero-order valence-electron chi connectivity index (χ0n) is 21.2. The van der Waals surface area contributed by atoms with Crippen LogP contribution in [0.25, 0.3) is 16.9 Å². The summed E-state index contributed by atoms with van der Waals surface area (Å²) in [6.45, 7) is 2.26. The number of carbonyl (C=O) groups excluding carboxylic acids is 1. The molecule has 2 amide bonds. The van der Waals surface area contributed by atoms with E-state index in [1.807, 2.05) is 42.5 Å². The lowest BCUT2D eigenvalue weighted by atomic mass is 9.94. The third kappa shape index (κ3) is 6.00. The molecule has 1 aliphatic rings. The van der Waals surface area contributed by atoms with Crippen molar-refractivity contribution >= 4 is 27.8 Å². The van der Waals surface area contributed by atoms with Crippen LogP contribution in [0.4, 0.5) is 19.4 Å². The number of nitrogens with one attached hydrogen (secondary N) is 2. The Bertz CT molecular complexity index is 1440. The molecule has 1 aliphatic heterocycles. The van der Waals surface area contributed by atoms with Crippen LogP contribution in [-0.2, 0) is 4.74 Å². The molecule has 11 heteroatoms. The number of rotatable bonds is 8. The van der Waals surface area contributed by atoms with Crippen molar-refractivity contribution in [3.63, 3.8) is 0 Å². The minimum atomic E-state index is -0.912. The van der Waals surface area contributed by atoms with E-state index < -0.39 is 17.7 Å². The number of nitrogens with zero attached hydrogens (tertiary/aromatic N) is 4. The van der Waals surface area contributed by atoms with Crippen molar-refractivity contribution in [1.82, 2.24) is 25.0 Å². The van der Waals surface area contributed by atoms with Crippen molar-refractivity contribution in [3.8, 4) is 16.9 Å². The predicted octanol–water partition coefficient (Wildman–Crippen LogP) is 5.21. The van der Waals surface area contributed by atoms with E-state index in [9.17, 15) is 13.6 Å². The summed E-state index contributed by atoms with van der Waals surface area (Å²) < 4.78 is 35.2. The SMILES string of the molecule is COCCN1C[C@@H](NC(=O)Nc2c(Br)c(-c3cccnc3)nn2-c2ccccc2)[C@H](c2ccc(F)c(F)c2)C1. The van der Waals surface area contributed by atoms with Crippen molar-refractivity contribution in [2.45, 2.75) is 12.0 Å². The van der Waals surface area contributed by atoms with E-state index in [1.165, 1.54) is 6.07 Å². The number of aromatic nitrogens is 3. The highest BCUT2D eigenvalue weighted by atomic mass is 79.9. The summed E-state index contributed by atoms with van der Waals surface area (Å²) in [6, 6.07) is 16.2. The summed E-state index contributed by atoms with van der Waals surface area (Å²) in [6.07, 6.45) is 3.38. The number of anilines is 1. The number of carbonyl (C=O) groups is 1. The number of halogens is 3. The second kappa shape index (κ2) is 12.0. The average molecular weight is 597 g/mol. The Labute approximate surface area is 233 Å². The first-order valence-electron chi connectivity index (χ1n) is 12.4. The van der Waals surface area contributed by atoms with Crippen molar-refractivity contribution in [3.05, 3.63) is 94.7 Å². The fourth-order valence-corrected chi connectivity index (χ4v) is 5.35. The molecule has 1 saturated heterocycles. The van der Waals surface area contributed by atoms with Gasteiger partial charge >= 0.3 is 6.03 Å². The number of methoxy groups -OCH3 is 1. The van der Waals surface area contributed by atoms with Gasteiger partial charge in [-0.15, -0.1) is 0 Å². The normalized spacial score (nSPS) is 17.3. The molecule has 2 atom stereocenters. The largest absolute Gasteiger partial charge is 0.383 e. The van der Waals surface area contributed by atoms with Gasteiger partial charge in [-0.2, -0.15) is 5.10 Å². The molecule has 0 radical (unpaired) electrons. The monoisotopic (exact) mass is 596 g/mol. The first kappa shape index (κ1) is 26.9. The van der Waals surface area contributed by atoms with Crippen molar-refractivity contribution in [2.75, 3.05) is 38.7 Å². The van der Waals surface area contributed by atoms with Crippen LogP contribution in [0.15, 0.2) is 77.5 Å². The number of amides is 2. The topological polar surface area (TPSA) is 84.3 Å². The summed E-state index contributed by atoms with van der Waals surface area (Å²) in [5, 5.41) is 10.7. The van der Waals surface area contributed by atoms with E-state index in [0.29, 0.717) is 47.8 Å². The van der Waals surface area contributed by atoms with Crippen molar-refractivity contribution in [1.29, 1.82) is 0 Å². The van der Waals surface area contributed by atoms with Gasteiger partial charge in [0, 0.05) is 50.6 Å². The quantitative estimate of drug-likeness (QED) is 0.292. The fourth-order valence-electron chi connectivity index (χ4n) is 4.78. The Balaban J connectivity index is 1.42. The van der Waals surface area contributed by atoms with Crippen molar-refractivity contribution in [2.24, 2.45) is 0 Å². The lowest BCUT2D eigenvalue weighted by Crippen LogP contribution is -2.42. The highest BCUT2D eigenvalue weighted by Gasteiger charge is 2.35. The smallest absolute Gasteiger partial charge is 0.320 e. The molecule has 2 aromatic carbocycles. The van der Waals surface area contributed by atoms with Crippen molar-refractivity contribution < 1.29 is 18.3 Å². The molecular weight excluding hydrogens is 570 g/mol. The molecule has 3 heterocycles. The van der Waals surface area contributed by atoms with Gasteiger partial charge < -0.3 is 10.1 Å². The Morgan fingerprint density at radius 3 is 2.64 bits per heavy atom. The van der Waals surface area contributed by atoms with Crippen LogP contribution in [-0.4, -0.2) is 65.1 Å². The van der Waals surface area contributed by atoms with Gasteiger partial charge in [0.1, 0.15) is 5.69 Å². The number of hydrogen-bond donors (Lipinski definition) is 2. The molecule has 0 aliphatic carbocycles. The molecule has 39 heavy (non-hydrogen) atoms. The van der Waals surface area contributed by atoms with Crippen LogP contribution in [0.5, 0.6) is 0 Å². The first-order valence-corrected chi connectivity index (χ1v) is 13.2. The maximum Gasteiger partial charge on any atom is 0.320 e. The third-order valence-corrected chi connectivity index (χ3v) is 7.44. The van der Waals surface area contributed by atoms with E-state index >= 15 is 0 Å². The standard InChI is InChI=1S/C28H27BrF2N6O2/c1-39-13-12-36-16-21(18-9-10-22(30)23(31)14-18)24(17-36)33-28(38)34-27-25(29)26(19-6-5-11-32-15-19)35-37(27)20-7-3-2-4-8-20/h2-11,14-15,21,24H,12-13,16-17H2,1H3,(H2,33,34,38)/t21-,24+/m0/s1. The van der Waals surface area contributed by atoms with E-state index in [1.54, 1.807) is 30.3 Å².